The zero-order valence-corrected chi connectivity index (χ0v) is 19.3. The summed E-state index contributed by atoms with van der Waals surface area (Å²) in [4.78, 5) is 51.5. The lowest BCUT2D eigenvalue weighted by molar-refractivity contribution is -0.142. The number of alkyl carbamates (subject to hydrolysis) is 1. The van der Waals surface area contributed by atoms with E-state index < -0.39 is 41.6 Å². The first-order valence-electron chi connectivity index (χ1n) is 10.7. The zero-order chi connectivity index (χ0) is 23.2. The van der Waals surface area contributed by atoms with E-state index >= 15 is 0 Å². The van der Waals surface area contributed by atoms with Crippen molar-refractivity contribution in [2.45, 2.75) is 91.5 Å². The maximum absolute atomic E-state index is 13.1. The highest BCUT2D eigenvalue weighted by Gasteiger charge is 2.39. The van der Waals surface area contributed by atoms with E-state index in [2.05, 4.69) is 10.6 Å². The van der Waals surface area contributed by atoms with Crippen LogP contribution in [-0.2, 0) is 19.1 Å². The second-order valence-electron chi connectivity index (χ2n) is 9.33. The summed E-state index contributed by atoms with van der Waals surface area (Å²) in [5.41, 5.74) is 4.74. The molecular formula is C21H38N4O5. The van der Waals surface area contributed by atoms with Crippen LogP contribution in [0, 0.1) is 11.8 Å². The minimum atomic E-state index is -0.857. The molecule has 4 atom stereocenters. The Morgan fingerprint density at radius 1 is 1.10 bits per heavy atom. The van der Waals surface area contributed by atoms with Crippen LogP contribution in [0.3, 0.4) is 0 Å². The highest BCUT2D eigenvalue weighted by Crippen LogP contribution is 2.20. The third-order valence-electron chi connectivity index (χ3n) is 5.26. The minimum Gasteiger partial charge on any atom is -0.444 e. The minimum absolute atomic E-state index is 0.175. The Bertz CT molecular complexity index is 644. The molecule has 1 aliphatic rings. The molecule has 0 aromatic heterocycles. The summed E-state index contributed by atoms with van der Waals surface area (Å²) in [6.45, 7) is 13.0. The standard InChI is InChI=1S/C21H38N4O5/c1-8-13(4)16(24-20(29)30-21(5,6)7)18(27)23-15(12(2)3)19(28)25-11-9-10-14(25)17(22)26/h12-16H,8-11H2,1-7H3,(H2,22,26)(H,23,27)(H,24,29). The highest BCUT2D eigenvalue weighted by molar-refractivity contribution is 5.94. The Morgan fingerprint density at radius 2 is 1.70 bits per heavy atom. The first-order chi connectivity index (χ1) is 13.8. The highest BCUT2D eigenvalue weighted by atomic mass is 16.6. The third kappa shape index (κ3) is 7.18. The molecule has 0 radical (unpaired) electrons. The number of rotatable bonds is 8. The molecule has 4 N–H and O–H groups in total. The Labute approximate surface area is 179 Å². The third-order valence-corrected chi connectivity index (χ3v) is 5.26. The fourth-order valence-corrected chi connectivity index (χ4v) is 3.40. The van der Waals surface area contributed by atoms with Crippen LogP contribution in [0.25, 0.3) is 0 Å². The summed E-state index contributed by atoms with van der Waals surface area (Å²) in [6.07, 6.45) is 1.16. The van der Waals surface area contributed by atoms with Crippen molar-refractivity contribution in [1.82, 2.24) is 15.5 Å². The molecule has 4 amide bonds. The molecule has 172 valence electrons. The number of carbonyl (C=O) groups excluding carboxylic acids is 4. The van der Waals surface area contributed by atoms with E-state index in [9.17, 15) is 19.2 Å². The lowest BCUT2D eigenvalue weighted by Gasteiger charge is -2.32. The van der Waals surface area contributed by atoms with Crippen molar-refractivity contribution in [3.63, 3.8) is 0 Å². The Hall–Kier alpha value is -2.32. The van der Waals surface area contributed by atoms with Gasteiger partial charge in [-0.2, -0.15) is 0 Å². The maximum atomic E-state index is 13.1. The Kier molecular flexibility index (Phi) is 9.11. The van der Waals surface area contributed by atoms with Crippen LogP contribution in [0.2, 0.25) is 0 Å². The van der Waals surface area contributed by atoms with Crippen molar-refractivity contribution in [1.29, 1.82) is 0 Å². The van der Waals surface area contributed by atoms with Crippen LogP contribution in [-0.4, -0.2) is 59.0 Å². The topological polar surface area (TPSA) is 131 Å². The number of carbonyl (C=O) groups is 4. The molecule has 9 heteroatoms. The fourth-order valence-electron chi connectivity index (χ4n) is 3.40. The monoisotopic (exact) mass is 426 g/mol. The van der Waals surface area contributed by atoms with E-state index in [1.54, 1.807) is 20.8 Å². The number of likely N-dealkylation sites (tertiary alicyclic amines) is 1. The number of nitrogens with zero attached hydrogens (tertiary/aromatic N) is 1. The second-order valence-corrected chi connectivity index (χ2v) is 9.33. The van der Waals surface area contributed by atoms with Crippen molar-refractivity contribution in [2.24, 2.45) is 17.6 Å². The van der Waals surface area contributed by atoms with E-state index in [0.717, 1.165) is 0 Å². The molecule has 1 fully saturated rings. The maximum Gasteiger partial charge on any atom is 0.408 e. The smallest absolute Gasteiger partial charge is 0.408 e. The number of amides is 4. The van der Waals surface area contributed by atoms with Gasteiger partial charge >= 0.3 is 6.09 Å². The molecule has 1 saturated heterocycles. The van der Waals surface area contributed by atoms with E-state index in [1.807, 2.05) is 27.7 Å². The first-order valence-corrected chi connectivity index (χ1v) is 10.7. The predicted octanol–water partition coefficient (Wildman–Crippen LogP) is 1.54. The SMILES string of the molecule is CCC(C)C(NC(=O)OC(C)(C)C)C(=O)NC(C(=O)N1CCCC1C(N)=O)C(C)C. The van der Waals surface area contributed by atoms with E-state index in [1.165, 1.54) is 4.90 Å². The molecule has 1 rings (SSSR count). The predicted molar refractivity (Wildman–Crippen MR) is 113 cm³/mol. The average Bonchev–Trinajstić information content (AvgIpc) is 3.11. The number of hydrogen-bond donors (Lipinski definition) is 3. The van der Waals surface area contributed by atoms with Gasteiger partial charge in [0.25, 0.3) is 0 Å². The van der Waals surface area contributed by atoms with Crippen molar-refractivity contribution in [3.8, 4) is 0 Å². The number of nitrogens with one attached hydrogen (secondary N) is 2. The van der Waals surface area contributed by atoms with E-state index in [4.69, 9.17) is 10.5 Å². The molecule has 0 aromatic rings. The van der Waals surface area contributed by atoms with Crippen molar-refractivity contribution in [2.75, 3.05) is 6.54 Å². The first kappa shape index (κ1) is 25.7. The van der Waals surface area contributed by atoms with E-state index in [0.29, 0.717) is 25.8 Å². The van der Waals surface area contributed by atoms with Crippen LogP contribution in [0.4, 0.5) is 4.79 Å². The van der Waals surface area contributed by atoms with Gasteiger partial charge in [0, 0.05) is 6.54 Å². The largest absolute Gasteiger partial charge is 0.444 e. The number of ether oxygens (including phenoxy) is 1. The van der Waals surface area contributed by atoms with E-state index in [-0.39, 0.29) is 17.7 Å². The molecule has 0 aromatic carbocycles. The Balaban J connectivity index is 2.98. The van der Waals surface area contributed by atoms with Crippen molar-refractivity contribution < 1.29 is 23.9 Å². The average molecular weight is 427 g/mol. The summed E-state index contributed by atoms with van der Waals surface area (Å²) in [5.74, 6) is -1.73. The van der Waals surface area contributed by atoms with Gasteiger partial charge in [0.2, 0.25) is 17.7 Å². The van der Waals surface area contributed by atoms with Gasteiger partial charge in [0.1, 0.15) is 23.7 Å². The Morgan fingerprint density at radius 3 is 2.17 bits per heavy atom. The van der Waals surface area contributed by atoms with Gasteiger partial charge in [0.05, 0.1) is 0 Å². The summed E-state index contributed by atoms with van der Waals surface area (Å²) >= 11 is 0. The van der Waals surface area contributed by atoms with Crippen LogP contribution in [0.15, 0.2) is 0 Å². The van der Waals surface area contributed by atoms with Crippen LogP contribution >= 0.6 is 0 Å². The number of hydrogen-bond acceptors (Lipinski definition) is 5. The van der Waals surface area contributed by atoms with Gasteiger partial charge in [-0.3, -0.25) is 14.4 Å². The van der Waals surface area contributed by atoms with Crippen molar-refractivity contribution in [3.05, 3.63) is 0 Å². The molecule has 0 aliphatic carbocycles. The van der Waals surface area contributed by atoms with Crippen LogP contribution < -0.4 is 16.4 Å². The number of primary amides is 1. The van der Waals surface area contributed by atoms with Crippen molar-refractivity contribution >= 4 is 23.8 Å². The van der Waals surface area contributed by atoms with Crippen LogP contribution in [0.5, 0.6) is 0 Å². The molecule has 9 nitrogen and oxygen atoms in total. The molecule has 4 unspecified atom stereocenters. The molecular weight excluding hydrogens is 388 g/mol. The van der Waals surface area contributed by atoms with Gasteiger partial charge in [-0.15, -0.1) is 0 Å². The van der Waals surface area contributed by atoms with Gasteiger partial charge in [-0.05, 0) is 45.4 Å². The van der Waals surface area contributed by atoms with Crippen LogP contribution in [0.1, 0.15) is 67.7 Å². The normalized spacial score (nSPS) is 19.7. The zero-order valence-electron chi connectivity index (χ0n) is 19.3. The quantitative estimate of drug-likeness (QED) is 0.542. The lowest BCUT2D eigenvalue weighted by Crippen LogP contribution is -2.59. The van der Waals surface area contributed by atoms with Gasteiger partial charge in [-0.25, -0.2) is 4.79 Å². The second kappa shape index (κ2) is 10.6. The number of nitrogens with two attached hydrogens (primary N) is 1. The fraction of sp³-hybridized carbons (Fsp3) is 0.810. The lowest BCUT2D eigenvalue weighted by atomic mass is 9.96. The van der Waals surface area contributed by atoms with Gasteiger partial charge in [0.15, 0.2) is 0 Å². The molecule has 0 saturated carbocycles. The molecule has 0 spiro atoms. The molecule has 1 aliphatic heterocycles. The summed E-state index contributed by atoms with van der Waals surface area (Å²) < 4.78 is 5.28. The summed E-state index contributed by atoms with van der Waals surface area (Å²) in [5, 5.41) is 5.42. The molecule has 30 heavy (non-hydrogen) atoms. The summed E-state index contributed by atoms with van der Waals surface area (Å²) in [7, 11) is 0. The van der Waals surface area contributed by atoms with Gasteiger partial charge in [-0.1, -0.05) is 34.1 Å². The molecule has 1 heterocycles. The molecule has 0 bridgehead atoms. The van der Waals surface area contributed by atoms with Gasteiger partial charge < -0.3 is 26.0 Å². The summed E-state index contributed by atoms with van der Waals surface area (Å²) in [6, 6.07) is -2.34.